The van der Waals surface area contributed by atoms with Crippen molar-refractivity contribution in [2.24, 2.45) is 16.8 Å². The molecule has 1 rings (SSSR count). The Labute approximate surface area is 139 Å². The first-order chi connectivity index (χ1) is 11.1. The van der Waals surface area contributed by atoms with E-state index in [1.54, 1.807) is 6.33 Å². The van der Waals surface area contributed by atoms with E-state index in [1.807, 2.05) is 11.5 Å². The maximum Gasteiger partial charge on any atom is 0.191 e. The van der Waals surface area contributed by atoms with Crippen LogP contribution in [0.4, 0.5) is 0 Å². The molecule has 0 aliphatic heterocycles. The van der Waals surface area contributed by atoms with Crippen LogP contribution >= 0.6 is 0 Å². The fourth-order valence-electron chi connectivity index (χ4n) is 2.55. The molecule has 1 unspecified atom stereocenters. The summed E-state index contributed by atoms with van der Waals surface area (Å²) >= 11 is 0. The van der Waals surface area contributed by atoms with Crippen LogP contribution in [0.2, 0.25) is 0 Å². The van der Waals surface area contributed by atoms with E-state index in [-0.39, 0.29) is 6.61 Å². The molecule has 0 aliphatic rings. The standard InChI is InChI=1S/C16H32N6O/c1-5-17-16(18-10-14(7-8-23)9-13(3)4)19-11-15-21-20-12-22(15)6-2/h12-14,23H,5-11H2,1-4H3,(H2,17,18,19). The van der Waals surface area contributed by atoms with E-state index in [0.29, 0.717) is 18.4 Å². The normalized spacial score (nSPS) is 13.4. The molecule has 1 heterocycles. The number of nitrogens with one attached hydrogen (secondary N) is 2. The van der Waals surface area contributed by atoms with Crippen molar-refractivity contribution in [2.75, 3.05) is 19.7 Å². The fourth-order valence-corrected chi connectivity index (χ4v) is 2.55. The molecule has 3 N–H and O–H groups in total. The monoisotopic (exact) mass is 324 g/mol. The minimum absolute atomic E-state index is 0.229. The predicted octanol–water partition coefficient (Wildman–Crippen LogP) is 1.40. The molecule has 0 amide bonds. The first kappa shape index (κ1) is 19.4. The number of rotatable bonds is 10. The molecule has 0 fully saturated rings. The maximum absolute atomic E-state index is 9.21. The Morgan fingerprint density at radius 3 is 2.74 bits per heavy atom. The van der Waals surface area contributed by atoms with E-state index in [4.69, 9.17) is 0 Å². The second kappa shape index (κ2) is 11.0. The number of aliphatic imine (C=N–C) groups is 1. The average molecular weight is 324 g/mol. The topological polar surface area (TPSA) is 87.4 Å². The molecule has 0 radical (unpaired) electrons. The van der Waals surface area contributed by atoms with Gasteiger partial charge in [0.25, 0.3) is 0 Å². The highest BCUT2D eigenvalue weighted by atomic mass is 16.3. The lowest BCUT2D eigenvalue weighted by molar-refractivity contribution is 0.243. The van der Waals surface area contributed by atoms with Gasteiger partial charge in [0.2, 0.25) is 0 Å². The minimum Gasteiger partial charge on any atom is -0.396 e. The van der Waals surface area contributed by atoms with E-state index in [1.165, 1.54) is 0 Å². The average Bonchev–Trinajstić information content (AvgIpc) is 2.97. The van der Waals surface area contributed by atoms with Crippen molar-refractivity contribution in [1.82, 2.24) is 25.4 Å². The van der Waals surface area contributed by atoms with Gasteiger partial charge < -0.3 is 20.3 Å². The van der Waals surface area contributed by atoms with Crippen LogP contribution in [0.1, 0.15) is 46.4 Å². The Hall–Kier alpha value is -1.63. The highest BCUT2D eigenvalue weighted by Gasteiger charge is 2.11. The third-order valence-corrected chi connectivity index (χ3v) is 3.66. The Balaban J connectivity index is 2.60. The van der Waals surface area contributed by atoms with Crippen LogP contribution in [0.5, 0.6) is 0 Å². The van der Waals surface area contributed by atoms with Crippen molar-refractivity contribution in [3.8, 4) is 0 Å². The van der Waals surface area contributed by atoms with E-state index < -0.39 is 0 Å². The maximum atomic E-state index is 9.21. The van der Waals surface area contributed by atoms with Crippen molar-refractivity contribution < 1.29 is 5.11 Å². The molecule has 0 saturated heterocycles. The zero-order chi connectivity index (χ0) is 17.1. The molecule has 0 aliphatic carbocycles. The highest BCUT2D eigenvalue weighted by molar-refractivity contribution is 5.79. The zero-order valence-electron chi connectivity index (χ0n) is 14.9. The number of guanidine groups is 1. The van der Waals surface area contributed by atoms with Gasteiger partial charge in [-0.15, -0.1) is 10.2 Å². The smallest absolute Gasteiger partial charge is 0.191 e. The molecule has 7 nitrogen and oxygen atoms in total. The summed E-state index contributed by atoms with van der Waals surface area (Å²) in [5.41, 5.74) is 0. The molecule has 1 aromatic rings. The van der Waals surface area contributed by atoms with Gasteiger partial charge in [0.1, 0.15) is 12.9 Å². The fraction of sp³-hybridized carbons (Fsp3) is 0.812. The molecular weight excluding hydrogens is 292 g/mol. The largest absolute Gasteiger partial charge is 0.396 e. The summed E-state index contributed by atoms with van der Waals surface area (Å²) in [6, 6.07) is 0. The first-order valence-corrected chi connectivity index (χ1v) is 8.60. The molecule has 0 saturated carbocycles. The van der Waals surface area contributed by atoms with Gasteiger partial charge in [0, 0.05) is 26.2 Å². The predicted molar refractivity (Wildman–Crippen MR) is 93.2 cm³/mol. The molecule has 1 aromatic heterocycles. The van der Waals surface area contributed by atoms with Crippen LogP contribution in [0.25, 0.3) is 0 Å². The van der Waals surface area contributed by atoms with Crippen LogP contribution in [-0.4, -0.2) is 45.5 Å². The van der Waals surface area contributed by atoms with Crippen LogP contribution < -0.4 is 10.6 Å². The Morgan fingerprint density at radius 1 is 1.35 bits per heavy atom. The molecule has 0 aromatic carbocycles. The number of aliphatic hydroxyl groups is 1. The van der Waals surface area contributed by atoms with Crippen LogP contribution in [0.15, 0.2) is 11.3 Å². The van der Waals surface area contributed by atoms with Gasteiger partial charge in [0.05, 0.1) is 0 Å². The molecular formula is C16H32N6O. The van der Waals surface area contributed by atoms with Gasteiger partial charge in [0.15, 0.2) is 11.8 Å². The SMILES string of the molecule is CCNC(=NCc1nncn1CC)NCC(CCO)CC(C)C. The zero-order valence-corrected chi connectivity index (χ0v) is 14.9. The van der Waals surface area contributed by atoms with Crippen molar-refractivity contribution in [3.05, 3.63) is 12.2 Å². The summed E-state index contributed by atoms with van der Waals surface area (Å²) in [4.78, 5) is 4.58. The third kappa shape index (κ3) is 7.45. The van der Waals surface area contributed by atoms with Gasteiger partial charge in [-0.3, -0.25) is 0 Å². The molecule has 1 atom stereocenters. The first-order valence-electron chi connectivity index (χ1n) is 8.60. The Morgan fingerprint density at radius 2 is 2.13 bits per heavy atom. The van der Waals surface area contributed by atoms with Gasteiger partial charge >= 0.3 is 0 Å². The molecule has 132 valence electrons. The molecule has 0 bridgehead atoms. The number of aromatic nitrogens is 3. The summed E-state index contributed by atoms with van der Waals surface area (Å²) in [5.74, 6) is 2.71. The number of nitrogens with zero attached hydrogens (tertiary/aromatic N) is 4. The minimum atomic E-state index is 0.229. The van der Waals surface area contributed by atoms with Crippen molar-refractivity contribution >= 4 is 5.96 Å². The van der Waals surface area contributed by atoms with E-state index in [9.17, 15) is 5.11 Å². The van der Waals surface area contributed by atoms with Crippen molar-refractivity contribution in [2.45, 2.75) is 53.6 Å². The molecule has 0 spiro atoms. The second-order valence-corrected chi connectivity index (χ2v) is 6.12. The lowest BCUT2D eigenvalue weighted by Gasteiger charge is -2.20. The summed E-state index contributed by atoms with van der Waals surface area (Å²) in [7, 11) is 0. The van der Waals surface area contributed by atoms with Crippen molar-refractivity contribution in [1.29, 1.82) is 0 Å². The summed E-state index contributed by atoms with van der Waals surface area (Å²) in [6.45, 7) is 11.7. The summed E-state index contributed by atoms with van der Waals surface area (Å²) in [6.07, 6.45) is 3.64. The third-order valence-electron chi connectivity index (χ3n) is 3.66. The van der Waals surface area contributed by atoms with E-state index >= 15 is 0 Å². The summed E-state index contributed by atoms with van der Waals surface area (Å²) in [5, 5.41) is 23.9. The number of hydrogen-bond donors (Lipinski definition) is 3. The number of hydrogen-bond acceptors (Lipinski definition) is 4. The quantitative estimate of drug-likeness (QED) is 0.447. The lowest BCUT2D eigenvalue weighted by atomic mass is 9.94. The molecule has 23 heavy (non-hydrogen) atoms. The van der Waals surface area contributed by atoms with Gasteiger partial charge in [-0.2, -0.15) is 0 Å². The summed E-state index contributed by atoms with van der Waals surface area (Å²) < 4.78 is 1.99. The Kier molecular flexibility index (Phi) is 9.28. The van der Waals surface area contributed by atoms with Crippen LogP contribution in [0.3, 0.4) is 0 Å². The number of aryl methyl sites for hydroxylation is 1. The van der Waals surface area contributed by atoms with Gasteiger partial charge in [-0.1, -0.05) is 13.8 Å². The van der Waals surface area contributed by atoms with E-state index in [0.717, 1.165) is 44.3 Å². The lowest BCUT2D eigenvalue weighted by Crippen LogP contribution is -2.40. The highest BCUT2D eigenvalue weighted by Crippen LogP contribution is 2.14. The Bertz CT molecular complexity index is 457. The molecule has 7 heteroatoms. The second-order valence-electron chi connectivity index (χ2n) is 6.12. The van der Waals surface area contributed by atoms with Crippen LogP contribution in [0, 0.1) is 11.8 Å². The van der Waals surface area contributed by atoms with Crippen LogP contribution in [-0.2, 0) is 13.1 Å². The van der Waals surface area contributed by atoms with Gasteiger partial charge in [-0.05, 0) is 38.5 Å². The van der Waals surface area contributed by atoms with Gasteiger partial charge in [-0.25, -0.2) is 4.99 Å². The van der Waals surface area contributed by atoms with E-state index in [2.05, 4.69) is 46.6 Å². The number of aliphatic hydroxyl groups excluding tert-OH is 1. The van der Waals surface area contributed by atoms with Crippen molar-refractivity contribution in [3.63, 3.8) is 0 Å².